The number of hydrogen-bond donors (Lipinski definition) is 8. The van der Waals surface area contributed by atoms with Crippen LogP contribution in [0, 0.1) is 0 Å². The smallest absolute Gasteiger partial charge is 0.336 e. The summed E-state index contributed by atoms with van der Waals surface area (Å²) in [6, 6.07) is 16.2. The van der Waals surface area contributed by atoms with E-state index in [0.717, 1.165) is 9.80 Å². The molecule has 0 bridgehead atoms. The van der Waals surface area contributed by atoms with E-state index in [1.807, 2.05) is 0 Å². The predicted octanol–water partition coefficient (Wildman–Crippen LogP) is 3.60. The van der Waals surface area contributed by atoms with Crippen LogP contribution in [0.1, 0.15) is 22.0 Å². The summed E-state index contributed by atoms with van der Waals surface area (Å²) in [5, 5.41) is 63.4. The number of benzene rings is 4. The highest BCUT2D eigenvalue weighted by Gasteiger charge is 2.29. The van der Waals surface area contributed by atoms with Gasteiger partial charge >= 0.3 is 35.9 Å². The van der Waals surface area contributed by atoms with Gasteiger partial charge in [-0.05, 0) is 59.7 Å². The molecule has 3 aromatic rings. The zero-order valence-electron chi connectivity index (χ0n) is 28.5. The molecule has 0 saturated carbocycles. The summed E-state index contributed by atoms with van der Waals surface area (Å²) in [5.74, 6) is -6.80. The van der Waals surface area contributed by atoms with Crippen LogP contribution < -0.4 is 16.1 Å². The van der Waals surface area contributed by atoms with Crippen LogP contribution in [0.25, 0.3) is 33.4 Å². The lowest BCUT2D eigenvalue weighted by molar-refractivity contribution is -0.146. The number of amides is 2. The summed E-state index contributed by atoms with van der Waals surface area (Å²) in [7, 11) is 0. The molecule has 0 saturated heterocycles. The second-order valence-corrected chi connectivity index (χ2v) is 12.2. The van der Waals surface area contributed by atoms with Crippen molar-refractivity contribution < 1.29 is 63.8 Å². The van der Waals surface area contributed by atoms with Crippen LogP contribution in [0.3, 0.4) is 0 Å². The lowest BCUT2D eigenvalue weighted by Crippen LogP contribution is -2.45. The lowest BCUT2D eigenvalue weighted by atomic mass is 9.90. The van der Waals surface area contributed by atoms with Gasteiger partial charge in [0.1, 0.15) is 17.1 Å². The van der Waals surface area contributed by atoms with E-state index in [1.54, 1.807) is 6.07 Å². The third-order valence-electron chi connectivity index (χ3n) is 8.27. The first-order valence-corrected chi connectivity index (χ1v) is 16.2. The number of rotatable bonds is 16. The minimum absolute atomic E-state index is 0.0824. The minimum Gasteiger partial charge on any atom is -0.508 e. The molecule has 18 nitrogen and oxygen atoms in total. The van der Waals surface area contributed by atoms with Gasteiger partial charge < -0.3 is 45.7 Å². The third kappa shape index (κ3) is 9.77. The number of phenols is 1. The molecule has 2 aliphatic rings. The maximum absolute atomic E-state index is 13.1. The Bertz CT molecular complexity index is 2310. The average molecular weight is 757 g/mol. The van der Waals surface area contributed by atoms with E-state index in [9.17, 15) is 64.2 Å². The van der Waals surface area contributed by atoms with Crippen molar-refractivity contribution in [1.82, 2.24) is 9.80 Å². The molecule has 2 amide bonds. The van der Waals surface area contributed by atoms with Gasteiger partial charge in [0.25, 0.3) is 0 Å². The van der Waals surface area contributed by atoms with Crippen molar-refractivity contribution in [1.29, 1.82) is 0 Å². The van der Waals surface area contributed by atoms with Gasteiger partial charge in [0.15, 0.2) is 5.43 Å². The van der Waals surface area contributed by atoms with Crippen molar-refractivity contribution in [3.63, 3.8) is 0 Å². The third-order valence-corrected chi connectivity index (χ3v) is 8.27. The van der Waals surface area contributed by atoms with Crippen LogP contribution in [-0.2, 0) is 19.2 Å². The number of hydrogen-bond acceptors (Lipinski definition) is 11. The Kier molecular flexibility index (Phi) is 11.7. The first-order chi connectivity index (χ1) is 26.1. The van der Waals surface area contributed by atoms with Crippen LogP contribution in [0.4, 0.5) is 16.2 Å². The van der Waals surface area contributed by atoms with Gasteiger partial charge in [-0.2, -0.15) is 0 Å². The summed E-state index contributed by atoms with van der Waals surface area (Å²) < 4.78 is 5.84. The molecule has 0 fully saturated rings. The van der Waals surface area contributed by atoms with Crippen molar-refractivity contribution in [2.75, 3.05) is 43.4 Å². The van der Waals surface area contributed by atoms with Crippen LogP contribution in [0.5, 0.6) is 5.75 Å². The number of carbonyl (C=O) groups excluding carboxylic acids is 1. The Morgan fingerprint density at radius 3 is 1.84 bits per heavy atom. The molecular formula is C37H32N4O14. The van der Waals surface area contributed by atoms with Crippen LogP contribution in [-0.4, -0.2) is 109 Å². The molecular weight excluding hydrogens is 724 g/mol. The Balaban J connectivity index is 1.41. The van der Waals surface area contributed by atoms with Crippen molar-refractivity contribution in [3.05, 3.63) is 100 Å². The van der Waals surface area contributed by atoms with E-state index >= 15 is 0 Å². The lowest BCUT2D eigenvalue weighted by Gasteiger charge is -2.33. The number of carboxylic acids is 5. The standard InChI is InChI=1S/C37H32N4O14/c42-22-6-9-25-29(12-22)55-30-13-23(43)7-10-26(30)35(25)24-8-5-21(11-27(24)36(52)53)39-37(54)38-20-3-1-19(2-4-20)28(41(17-33(48)49)18-34(50)51)14-40(15-31(44)45)16-32(46)47/h1-13,28,42H,14-18H2,(H,44,45)(H,46,47)(H,48,49)(H,50,51)(H,52,53)(H2,38,39,54). The fourth-order valence-electron chi connectivity index (χ4n) is 6.12. The van der Waals surface area contributed by atoms with Crippen LogP contribution in [0.2, 0.25) is 0 Å². The molecule has 1 atom stereocenters. The largest absolute Gasteiger partial charge is 0.508 e. The van der Waals surface area contributed by atoms with Crippen LogP contribution in [0.15, 0.2) is 88.1 Å². The Morgan fingerprint density at radius 2 is 1.24 bits per heavy atom. The molecule has 0 aromatic heterocycles. The number of fused-ring (bicyclic) bond motifs is 2. The molecule has 3 aromatic carbocycles. The predicted molar refractivity (Wildman–Crippen MR) is 194 cm³/mol. The van der Waals surface area contributed by atoms with E-state index in [0.29, 0.717) is 16.5 Å². The van der Waals surface area contributed by atoms with E-state index in [-0.39, 0.29) is 57.1 Å². The number of nitrogens with zero attached hydrogens (tertiary/aromatic N) is 2. The zero-order chi connectivity index (χ0) is 40.0. The Labute approximate surface area is 309 Å². The maximum atomic E-state index is 13.1. The fourth-order valence-corrected chi connectivity index (χ4v) is 6.12. The summed E-state index contributed by atoms with van der Waals surface area (Å²) >= 11 is 0. The number of carbonyl (C=O) groups is 6. The van der Waals surface area contributed by atoms with Crippen LogP contribution >= 0.6 is 0 Å². The Morgan fingerprint density at radius 1 is 0.655 bits per heavy atom. The van der Waals surface area contributed by atoms with Gasteiger partial charge in [0, 0.05) is 52.6 Å². The van der Waals surface area contributed by atoms with Gasteiger partial charge in [-0.1, -0.05) is 18.2 Å². The molecule has 55 heavy (non-hydrogen) atoms. The molecule has 284 valence electrons. The van der Waals surface area contributed by atoms with Crippen molar-refractivity contribution in [3.8, 4) is 28.2 Å². The van der Waals surface area contributed by atoms with Gasteiger partial charge in [-0.15, -0.1) is 0 Å². The molecule has 5 rings (SSSR count). The first kappa shape index (κ1) is 38.9. The van der Waals surface area contributed by atoms with E-state index < -0.39 is 68.1 Å². The monoisotopic (exact) mass is 756 g/mol. The normalized spacial score (nSPS) is 11.7. The number of aromatic hydroxyl groups is 1. The van der Waals surface area contributed by atoms with Gasteiger partial charge in [0.05, 0.1) is 31.7 Å². The van der Waals surface area contributed by atoms with Gasteiger partial charge in [0.2, 0.25) is 0 Å². The van der Waals surface area contributed by atoms with Gasteiger partial charge in [-0.25, -0.2) is 9.59 Å². The molecule has 8 N–H and O–H groups in total. The summed E-state index contributed by atoms with van der Waals surface area (Å²) in [6.07, 6.45) is 0. The number of phenolic OH excluding ortho intramolecular Hbond substituents is 1. The number of anilines is 2. The molecule has 18 heteroatoms. The molecule has 1 aliphatic heterocycles. The first-order valence-electron chi connectivity index (χ1n) is 16.2. The highest BCUT2D eigenvalue weighted by Crippen LogP contribution is 2.42. The Hall–Kier alpha value is -7.31. The topological polar surface area (TPSA) is 285 Å². The van der Waals surface area contributed by atoms with E-state index in [1.165, 1.54) is 72.8 Å². The minimum atomic E-state index is -1.39. The molecule has 1 unspecified atom stereocenters. The fraction of sp³-hybridized carbons (Fsp3) is 0.162. The molecule has 0 radical (unpaired) electrons. The SMILES string of the molecule is O=C(O)CN(CC(=O)O)CC(c1ccc(NC(=O)Nc2ccc(-c3c4ccc(=O)cc-4oc4cc(O)ccc34)c(C(=O)O)c2)cc1)N(CC(=O)O)CC(=O)O. The number of carboxylic acid groups (broad SMARTS) is 5. The maximum Gasteiger partial charge on any atom is 0.336 e. The average Bonchev–Trinajstić information content (AvgIpc) is 3.08. The number of aromatic carboxylic acids is 1. The number of aliphatic carboxylic acids is 4. The van der Waals surface area contributed by atoms with Crippen molar-refractivity contribution in [2.24, 2.45) is 0 Å². The molecule has 1 aliphatic carbocycles. The number of nitrogens with one attached hydrogen (secondary N) is 2. The van der Waals surface area contributed by atoms with Gasteiger partial charge in [-0.3, -0.25) is 33.8 Å². The van der Waals surface area contributed by atoms with Crippen molar-refractivity contribution >= 4 is 58.2 Å². The highest BCUT2D eigenvalue weighted by atomic mass is 16.4. The second kappa shape index (κ2) is 16.6. The summed E-state index contributed by atoms with van der Waals surface area (Å²) in [4.78, 5) is 85.9. The summed E-state index contributed by atoms with van der Waals surface area (Å²) in [5.41, 5.74) is 1.24. The molecule has 1 heterocycles. The number of urea groups is 1. The highest BCUT2D eigenvalue weighted by molar-refractivity contribution is 6.09. The second-order valence-electron chi connectivity index (χ2n) is 12.2. The molecule has 0 spiro atoms. The quantitative estimate of drug-likeness (QED) is 0.0668. The zero-order valence-corrected chi connectivity index (χ0v) is 28.5. The van der Waals surface area contributed by atoms with Crippen molar-refractivity contribution in [2.45, 2.75) is 6.04 Å². The summed E-state index contributed by atoms with van der Waals surface area (Å²) in [6.45, 7) is -3.40. The van der Waals surface area contributed by atoms with E-state index in [2.05, 4.69) is 10.6 Å². The van der Waals surface area contributed by atoms with E-state index in [4.69, 9.17) is 4.42 Å².